The third-order valence-electron chi connectivity index (χ3n) is 4.34. The number of ether oxygens (including phenoxy) is 2. The Morgan fingerprint density at radius 2 is 2.04 bits per heavy atom. The van der Waals surface area contributed by atoms with Crippen LogP contribution in [0.3, 0.4) is 0 Å². The van der Waals surface area contributed by atoms with Crippen molar-refractivity contribution in [1.29, 1.82) is 0 Å². The first kappa shape index (κ1) is 16.0. The van der Waals surface area contributed by atoms with Gasteiger partial charge in [0.05, 0.1) is 19.5 Å². The Labute approximate surface area is 141 Å². The lowest BCUT2D eigenvalue weighted by molar-refractivity contribution is 0.0535. The van der Waals surface area contributed by atoms with E-state index in [-0.39, 0.29) is 5.41 Å². The van der Waals surface area contributed by atoms with Crippen LogP contribution in [0.5, 0.6) is 5.75 Å². The molecule has 0 aliphatic carbocycles. The molecule has 2 aromatic rings. The molecule has 2 heterocycles. The van der Waals surface area contributed by atoms with Gasteiger partial charge in [-0.3, -0.25) is 4.98 Å². The number of nitrogens with zero attached hydrogens (tertiary/aromatic N) is 2. The van der Waals surface area contributed by atoms with Crippen molar-refractivity contribution in [3.05, 3.63) is 47.4 Å². The number of methoxy groups -OCH3 is 1. The van der Waals surface area contributed by atoms with Gasteiger partial charge in [0.25, 0.3) is 0 Å². The van der Waals surface area contributed by atoms with Gasteiger partial charge in [-0.2, -0.15) is 0 Å². The molecule has 23 heavy (non-hydrogen) atoms. The number of rotatable bonds is 5. The van der Waals surface area contributed by atoms with E-state index in [1.165, 1.54) is 11.8 Å². The first-order valence-electron chi connectivity index (χ1n) is 7.66. The molecule has 3 rings (SSSR count). The SMILES string of the molecule is COc1ccccc1C1(CNc2cncc(Cl)n2)CCOCC1. The Morgan fingerprint density at radius 1 is 1.26 bits per heavy atom. The van der Waals surface area contributed by atoms with Gasteiger partial charge < -0.3 is 14.8 Å². The Bertz CT molecular complexity index is 660. The largest absolute Gasteiger partial charge is 0.496 e. The number of anilines is 1. The highest BCUT2D eigenvalue weighted by molar-refractivity contribution is 6.29. The molecule has 0 spiro atoms. The average Bonchev–Trinajstić information content (AvgIpc) is 2.61. The number of aromatic nitrogens is 2. The quantitative estimate of drug-likeness (QED) is 0.909. The standard InChI is InChI=1S/C17H20ClN3O2/c1-22-14-5-3-2-4-13(14)17(6-8-23-9-7-17)12-20-16-11-19-10-15(18)21-16/h2-5,10-11H,6-9,12H2,1H3,(H,20,21). The molecule has 1 aliphatic rings. The Kier molecular flexibility index (Phi) is 4.98. The molecule has 1 aromatic carbocycles. The minimum Gasteiger partial charge on any atom is -0.496 e. The van der Waals surface area contributed by atoms with Gasteiger partial charge in [-0.15, -0.1) is 0 Å². The summed E-state index contributed by atoms with van der Waals surface area (Å²) in [6.45, 7) is 2.20. The van der Waals surface area contributed by atoms with Crippen LogP contribution in [0, 0.1) is 0 Å². The van der Waals surface area contributed by atoms with E-state index >= 15 is 0 Å². The average molecular weight is 334 g/mol. The fourth-order valence-corrected chi connectivity index (χ4v) is 3.22. The topological polar surface area (TPSA) is 56.3 Å². The number of para-hydroxylation sites is 1. The zero-order valence-corrected chi connectivity index (χ0v) is 13.8. The third-order valence-corrected chi connectivity index (χ3v) is 4.52. The number of hydrogen-bond acceptors (Lipinski definition) is 5. The van der Waals surface area contributed by atoms with Gasteiger partial charge >= 0.3 is 0 Å². The van der Waals surface area contributed by atoms with Crippen LogP contribution in [0.25, 0.3) is 0 Å². The number of nitrogens with one attached hydrogen (secondary N) is 1. The smallest absolute Gasteiger partial charge is 0.149 e. The molecule has 5 nitrogen and oxygen atoms in total. The number of hydrogen-bond donors (Lipinski definition) is 1. The Balaban J connectivity index is 1.87. The summed E-state index contributed by atoms with van der Waals surface area (Å²) >= 11 is 5.91. The van der Waals surface area contributed by atoms with E-state index in [0.29, 0.717) is 11.0 Å². The fraction of sp³-hybridized carbons (Fsp3) is 0.412. The van der Waals surface area contributed by atoms with Crippen LogP contribution in [0.4, 0.5) is 5.82 Å². The second-order valence-corrected chi connectivity index (χ2v) is 6.06. The van der Waals surface area contributed by atoms with Crippen LogP contribution in [0.1, 0.15) is 18.4 Å². The molecule has 0 atom stereocenters. The molecule has 6 heteroatoms. The van der Waals surface area contributed by atoms with Crippen molar-refractivity contribution >= 4 is 17.4 Å². The highest BCUT2D eigenvalue weighted by Crippen LogP contribution is 2.39. The number of halogens is 1. The fourth-order valence-electron chi connectivity index (χ4n) is 3.07. The van der Waals surface area contributed by atoms with Crippen LogP contribution in [0.2, 0.25) is 5.15 Å². The van der Waals surface area contributed by atoms with E-state index < -0.39 is 0 Å². The summed E-state index contributed by atoms with van der Waals surface area (Å²) in [5.74, 6) is 1.59. The van der Waals surface area contributed by atoms with Gasteiger partial charge in [0, 0.05) is 30.7 Å². The molecular formula is C17H20ClN3O2. The van der Waals surface area contributed by atoms with E-state index in [9.17, 15) is 0 Å². The van der Waals surface area contributed by atoms with Crippen LogP contribution < -0.4 is 10.1 Å². The van der Waals surface area contributed by atoms with Crippen molar-refractivity contribution < 1.29 is 9.47 Å². The van der Waals surface area contributed by atoms with Gasteiger partial charge in [-0.1, -0.05) is 29.8 Å². The summed E-state index contributed by atoms with van der Waals surface area (Å²) in [4.78, 5) is 8.33. The van der Waals surface area contributed by atoms with Crippen molar-refractivity contribution in [2.45, 2.75) is 18.3 Å². The van der Waals surface area contributed by atoms with Crippen molar-refractivity contribution in [2.24, 2.45) is 0 Å². The highest BCUT2D eigenvalue weighted by Gasteiger charge is 2.36. The molecule has 1 aliphatic heterocycles. The first-order chi connectivity index (χ1) is 11.2. The van der Waals surface area contributed by atoms with Gasteiger partial charge in [-0.05, 0) is 18.9 Å². The molecule has 0 radical (unpaired) electrons. The Morgan fingerprint density at radius 3 is 2.78 bits per heavy atom. The summed E-state index contributed by atoms with van der Waals surface area (Å²) < 4.78 is 11.2. The second-order valence-electron chi connectivity index (χ2n) is 5.67. The molecular weight excluding hydrogens is 314 g/mol. The molecule has 0 amide bonds. The minimum atomic E-state index is -0.0607. The molecule has 0 unspecified atom stereocenters. The lowest BCUT2D eigenvalue weighted by Gasteiger charge is -2.38. The normalized spacial score (nSPS) is 16.8. The predicted molar refractivity (Wildman–Crippen MR) is 90.3 cm³/mol. The van der Waals surface area contributed by atoms with Crippen LogP contribution >= 0.6 is 11.6 Å². The molecule has 1 fully saturated rings. The zero-order chi connectivity index (χ0) is 16.1. The molecule has 1 saturated heterocycles. The van der Waals surface area contributed by atoms with Gasteiger partial charge in [0.15, 0.2) is 0 Å². The Hall–Kier alpha value is -1.85. The molecule has 0 saturated carbocycles. The lowest BCUT2D eigenvalue weighted by atomic mass is 9.73. The summed E-state index contributed by atoms with van der Waals surface area (Å²) in [5.41, 5.74) is 1.14. The van der Waals surface area contributed by atoms with Crippen molar-refractivity contribution in [3.8, 4) is 5.75 Å². The van der Waals surface area contributed by atoms with Gasteiger partial charge in [0.2, 0.25) is 0 Å². The van der Waals surface area contributed by atoms with E-state index in [1.54, 1.807) is 13.3 Å². The summed E-state index contributed by atoms with van der Waals surface area (Å²) in [6, 6.07) is 8.18. The number of benzene rings is 1. The summed E-state index contributed by atoms with van der Waals surface area (Å²) in [6.07, 6.45) is 5.06. The zero-order valence-electron chi connectivity index (χ0n) is 13.1. The molecule has 122 valence electrons. The monoisotopic (exact) mass is 333 g/mol. The molecule has 1 aromatic heterocycles. The maximum atomic E-state index is 5.91. The highest BCUT2D eigenvalue weighted by atomic mass is 35.5. The second kappa shape index (κ2) is 7.15. The molecule has 1 N–H and O–H groups in total. The lowest BCUT2D eigenvalue weighted by Crippen LogP contribution is -2.40. The van der Waals surface area contributed by atoms with Gasteiger partial charge in [0.1, 0.15) is 16.7 Å². The van der Waals surface area contributed by atoms with Crippen LogP contribution in [-0.2, 0) is 10.2 Å². The molecule has 0 bridgehead atoms. The minimum absolute atomic E-state index is 0.0607. The van der Waals surface area contributed by atoms with Crippen LogP contribution in [-0.4, -0.2) is 36.8 Å². The first-order valence-corrected chi connectivity index (χ1v) is 8.04. The van der Waals surface area contributed by atoms with E-state index in [1.807, 2.05) is 18.2 Å². The van der Waals surface area contributed by atoms with Gasteiger partial charge in [-0.25, -0.2) is 4.98 Å². The van der Waals surface area contributed by atoms with Crippen molar-refractivity contribution in [1.82, 2.24) is 9.97 Å². The van der Waals surface area contributed by atoms with E-state index in [0.717, 1.165) is 38.3 Å². The maximum absolute atomic E-state index is 5.91. The van der Waals surface area contributed by atoms with E-state index in [2.05, 4.69) is 21.4 Å². The summed E-state index contributed by atoms with van der Waals surface area (Å²) in [5, 5.41) is 3.76. The summed E-state index contributed by atoms with van der Waals surface area (Å²) in [7, 11) is 1.71. The maximum Gasteiger partial charge on any atom is 0.149 e. The predicted octanol–water partition coefficient (Wildman–Crippen LogP) is 3.30. The van der Waals surface area contributed by atoms with Crippen molar-refractivity contribution in [3.63, 3.8) is 0 Å². The van der Waals surface area contributed by atoms with Crippen LogP contribution in [0.15, 0.2) is 36.7 Å². The third kappa shape index (κ3) is 3.57. The van der Waals surface area contributed by atoms with Crippen molar-refractivity contribution in [2.75, 3.05) is 32.2 Å². The van der Waals surface area contributed by atoms with E-state index in [4.69, 9.17) is 21.1 Å².